The van der Waals surface area contributed by atoms with Crippen LogP contribution in [-0.2, 0) is 4.79 Å². The van der Waals surface area contributed by atoms with Gasteiger partial charge in [-0.05, 0) is 59.8 Å². The van der Waals surface area contributed by atoms with Crippen LogP contribution in [-0.4, -0.2) is 61.5 Å². The van der Waals surface area contributed by atoms with Gasteiger partial charge in [0.2, 0.25) is 5.91 Å². The lowest BCUT2D eigenvalue weighted by molar-refractivity contribution is -0.122. The predicted molar refractivity (Wildman–Crippen MR) is 87.4 cm³/mol. The molecular formula is C17H33N3O. The summed E-state index contributed by atoms with van der Waals surface area (Å²) in [6.07, 6.45) is 10.6. The third kappa shape index (κ3) is 4.43. The number of nitrogens with zero attached hydrogens (tertiary/aromatic N) is 2. The maximum absolute atomic E-state index is 12.2. The molecule has 4 heteroatoms. The average Bonchev–Trinajstić information content (AvgIpc) is 2.94. The molecule has 0 spiro atoms. The smallest absolute Gasteiger partial charge is 0.220 e. The zero-order chi connectivity index (χ0) is 15.3. The van der Waals surface area contributed by atoms with Gasteiger partial charge in [-0.25, -0.2) is 0 Å². The van der Waals surface area contributed by atoms with E-state index in [-0.39, 0.29) is 11.4 Å². The van der Waals surface area contributed by atoms with Crippen molar-refractivity contribution in [3.8, 4) is 0 Å². The number of carbonyl (C=O) groups is 1. The van der Waals surface area contributed by atoms with Gasteiger partial charge >= 0.3 is 0 Å². The Hall–Kier alpha value is -0.610. The fraction of sp³-hybridized carbons (Fsp3) is 0.941. The van der Waals surface area contributed by atoms with Gasteiger partial charge in [0.25, 0.3) is 0 Å². The third-order valence-corrected chi connectivity index (χ3v) is 5.72. The van der Waals surface area contributed by atoms with Crippen molar-refractivity contribution >= 4 is 5.91 Å². The number of rotatable bonds is 6. The third-order valence-electron chi connectivity index (χ3n) is 5.72. The van der Waals surface area contributed by atoms with Crippen LogP contribution in [0.3, 0.4) is 0 Å². The molecule has 0 radical (unpaired) electrons. The number of hydrogen-bond acceptors (Lipinski definition) is 3. The highest BCUT2D eigenvalue weighted by Crippen LogP contribution is 2.33. The van der Waals surface area contributed by atoms with E-state index in [2.05, 4.69) is 36.3 Å². The van der Waals surface area contributed by atoms with Crippen LogP contribution >= 0.6 is 0 Å². The topological polar surface area (TPSA) is 35.6 Å². The van der Waals surface area contributed by atoms with Crippen LogP contribution in [0, 0.1) is 0 Å². The first-order valence-electron chi connectivity index (χ1n) is 8.68. The Morgan fingerprint density at radius 3 is 2.57 bits per heavy atom. The molecule has 1 amide bonds. The zero-order valence-electron chi connectivity index (χ0n) is 14.2. The second-order valence-corrected chi connectivity index (χ2v) is 7.27. The highest BCUT2D eigenvalue weighted by molar-refractivity contribution is 5.76. The molecule has 0 aromatic rings. The van der Waals surface area contributed by atoms with E-state index in [0.717, 1.165) is 13.0 Å². The van der Waals surface area contributed by atoms with E-state index in [4.69, 9.17) is 0 Å². The number of piperidine rings is 1. The van der Waals surface area contributed by atoms with E-state index >= 15 is 0 Å². The van der Waals surface area contributed by atoms with Gasteiger partial charge in [-0.1, -0.05) is 19.3 Å². The maximum Gasteiger partial charge on any atom is 0.220 e. The van der Waals surface area contributed by atoms with Crippen molar-refractivity contribution in [2.45, 2.75) is 69.4 Å². The minimum absolute atomic E-state index is 0.206. The van der Waals surface area contributed by atoms with E-state index in [1.165, 1.54) is 51.5 Å². The predicted octanol–water partition coefficient (Wildman–Crippen LogP) is 2.24. The van der Waals surface area contributed by atoms with Gasteiger partial charge in [-0.3, -0.25) is 4.79 Å². The Kier molecular flexibility index (Phi) is 6.06. The summed E-state index contributed by atoms with van der Waals surface area (Å²) in [6.45, 7) is 2.01. The van der Waals surface area contributed by atoms with Crippen molar-refractivity contribution in [1.29, 1.82) is 0 Å². The molecule has 0 aromatic carbocycles. The minimum Gasteiger partial charge on any atom is -0.354 e. The molecule has 1 atom stereocenters. The summed E-state index contributed by atoms with van der Waals surface area (Å²) in [5, 5.41) is 3.20. The fourth-order valence-electron chi connectivity index (χ4n) is 3.97. The van der Waals surface area contributed by atoms with Gasteiger partial charge in [0.05, 0.1) is 0 Å². The molecule has 0 unspecified atom stereocenters. The average molecular weight is 295 g/mol. The van der Waals surface area contributed by atoms with Crippen LogP contribution in [0.1, 0.15) is 57.8 Å². The Morgan fingerprint density at radius 1 is 1.24 bits per heavy atom. The molecule has 0 aromatic heterocycles. The van der Waals surface area contributed by atoms with E-state index < -0.39 is 0 Å². The normalized spacial score (nSPS) is 26.2. The molecule has 1 heterocycles. The van der Waals surface area contributed by atoms with Crippen molar-refractivity contribution in [1.82, 2.24) is 15.1 Å². The summed E-state index contributed by atoms with van der Waals surface area (Å²) in [4.78, 5) is 16.9. The first kappa shape index (κ1) is 16.8. The van der Waals surface area contributed by atoms with Gasteiger partial charge in [-0.2, -0.15) is 0 Å². The molecule has 2 fully saturated rings. The van der Waals surface area contributed by atoms with Gasteiger partial charge in [0.1, 0.15) is 0 Å². The summed E-state index contributed by atoms with van der Waals surface area (Å²) in [5.74, 6) is 0.238. The van der Waals surface area contributed by atoms with Crippen LogP contribution < -0.4 is 5.32 Å². The molecule has 2 rings (SSSR count). The van der Waals surface area contributed by atoms with Crippen LogP contribution in [0.2, 0.25) is 0 Å². The van der Waals surface area contributed by atoms with E-state index in [9.17, 15) is 4.79 Å². The largest absolute Gasteiger partial charge is 0.354 e. The molecule has 122 valence electrons. The van der Waals surface area contributed by atoms with Crippen LogP contribution in [0.15, 0.2) is 0 Å². The number of amides is 1. The van der Waals surface area contributed by atoms with E-state index in [0.29, 0.717) is 12.5 Å². The lowest BCUT2D eigenvalue weighted by atomic mass is 9.95. The highest BCUT2D eigenvalue weighted by atomic mass is 16.1. The maximum atomic E-state index is 12.2. The number of hydrogen-bond donors (Lipinski definition) is 1. The van der Waals surface area contributed by atoms with Crippen molar-refractivity contribution in [2.75, 3.05) is 34.2 Å². The number of carbonyl (C=O) groups excluding carboxylic acids is 1. The molecule has 1 saturated carbocycles. The molecule has 2 aliphatic rings. The van der Waals surface area contributed by atoms with Crippen LogP contribution in [0.25, 0.3) is 0 Å². The molecule has 1 aliphatic carbocycles. The quantitative estimate of drug-likeness (QED) is 0.816. The Morgan fingerprint density at radius 2 is 1.95 bits per heavy atom. The van der Waals surface area contributed by atoms with Gasteiger partial charge in [-0.15, -0.1) is 0 Å². The lowest BCUT2D eigenvalue weighted by Gasteiger charge is -2.36. The molecule has 1 N–H and O–H groups in total. The summed E-state index contributed by atoms with van der Waals surface area (Å²) in [7, 11) is 6.49. The zero-order valence-corrected chi connectivity index (χ0v) is 14.2. The Labute approximate surface area is 130 Å². The summed E-state index contributed by atoms with van der Waals surface area (Å²) in [6, 6.07) is 0.610. The molecular weight excluding hydrogens is 262 g/mol. The van der Waals surface area contributed by atoms with E-state index in [1.54, 1.807) is 0 Å². The molecule has 21 heavy (non-hydrogen) atoms. The summed E-state index contributed by atoms with van der Waals surface area (Å²) in [5.41, 5.74) is 0.206. The summed E-state index contributed by atoms with van der Waals surface area (Å²) < 4.78 is 0. The highest BCUT2D eigenvalue weighted by Gasteiger charge is 2.36. The molecule has 1 saturated heterocycles. The molecule has 0 bridgehead atoms. The van der Waals surface area contributed by atoms with Crippen molar-refractivity contribution in [3.63, 3.8) is 0 Å². The Balaban J connectivity index is 1.71. The SMILES string of the molecule is CN1CCCC[C@@H]1CCC(=O)NCC1(N(C)C)CCCC1. The first-order chi connectivity index (χ1) is 10.0. The number of likely N-dealkylation sites (tertiary alicyclic amines) is 1. The minimum atomic E-state index is 0.206. The second-order valence-electron chi connectivity index (χ2n) is 7.27. The van der Waals surface area contributed by atoms with Gasteiger partial charge < -0.3 is 15.1 Å². The van der Waals surface area contributed by atoms with Crippen molar-refractivity contribution in [2.24, 2.45) is 0 Å². The second kappa shape index (κ2) is 7.59. The Bertz CT molecular complexity index is 337. The monoisotopic (exact) mass is 295 g/mol. The van der Waals surface area contributed by atoms with Crippen LogP contribution in [0.4, 0.5) is 0 Å². The van der Waals surface area contributed by atoms with Crippen LogP contribution in [0.5, 0.6) is 0 Å². The van der Waals surface area contributed by atoms with E-state index in [1.807, 2.05) is 0 Å². The fourth-order valence-corrected chi connectivity index (χ4v) is 3.97. The van der Waals surface area contributed by atoms with Crippen molar-refractivity contribution < 1.29 is 4.79 Å². The van der Waals surface area contributed by atoms with Crippen molar-refractivity contribution in [3.05, 3.63) is 0 Å². The molecule has 1 aliphatic heterocycles. The van der Waals surface area contributed by atoms with Gasteiger partial charge in [0, 0.05) is 24.5 Å². The summed E-state index contributed by atoms with van der Waals surface area (Å²) >= 11 is 0. The first-order valence-corrected chi connectivity index (χ1v) is 8.68. The van der Waals surface area contributed by atoms with Gasteiger partial charge in [0.15, 0.2) is 0 Å². The number of likely N-dealkylation sites (N-methyl/N-ethyl adjacent to an activating group) is 1. The molecule has 4 nitrogen and oxygen atoms in total. The lowest BCUT2D eigenvalue weighted by Crippen LogP contribution is -2.51. The number of nitrogens with one attached hydrogen (secondary N) is 1. The standard InChI is InChI=1S/C17H33N3O/c1-19(2)17(11-5-6-12-17)14-18-16(21)10-9-15-8-4-7-13-20(15)3/h15H,4-14H2,1-3H3,(H,18,21)/t15-/m1/s1.